The molecular formula is C19H33NOSi. The molecule has 2 nitrogen and oxygen atoms in total. The average Bonchev–Trinajstić information content (AvgIpc) is 2.64. The largest absolute Gasteiger partial charge is 0.494 e. The van der Waals surface area contributed by atoms with E-state index in [1.165, 1.54) is 11.1 Å². The molecule has 0 heterocycles. The number of unbranched alkanes of at least 4 members (excludes halogenated alkanes) is 1. The zero-order valence-electron chi connectivity index (χ0n) is 15.8. The van der Waals surface area contributed by atoms with Gasteiger partial charge < -0.3 is 4.74 Å². The molecular weight excluding hydrogens is 286 g/mol. The van der Waals surface area contributed by atoms with E-state index < -0.39 is 8.07 Å². The Morgan fingerprint density at radius 1 is 1.23 bits per heavy atom. The number of hydrogen-bond acceptors (Lipinski definition) is 2. The highest BCUT2D eigenvalue weighted by Gasteiger charge is 2.38. The van der Waals surface area contributed by atoms with Crippen LogP contribution in [-0.4, -0.2) is 39.2 Å². The van der Waals surface area contributed by atoms with E-state index in [2.05, 4.69) is 70.0 Å². The molecule has 124 valence electrons. The Labute approximate surface area is 138 Å². The van der Waals surface area contributed by atoms with Gasteiger partial charge in [-0.3, -0.25) is 4.90 Å². The van der Waals surface area contributed by atoms with Crippen molar-refractivity contribution in [3.63, 3.8) is 0 Å². The molecule has 0 aromatic rings. The van der Waals surface area contributed by atoms with Gasteiger partial charge in [0.15, 0.2) is 0 Å². The number of rotatable bonds is 6. The van der Waals surface area contributed by atoms with Gasteiger partial charge >= 0.3 is 0 Å². The molecule has 0 radical (unpaired) electrons. The molecule has 1 aliphatic rings. The summed E-state index contributed by atoms with van der Waals surface area (Å²) in [6.45, 7) is 14.1. The maximum absolute atomic E-state index is 5.82. The van der Waals surface area contributed by atoms with Crippen molar-refractivity contribution in [1.29, 1.82) is 0 Å². The lowest BCUT2D eigenvalue weighted by molar-refractivity contribution is 0.216. The van der Waals surface area contributed by atoms with E-state index in [1.54, 1.807) is 0 Å². The van der Waals surface area contributed by atoms with Crippen molar-refractivity contribution < 1.29 is 4.74 Å². The van der Waals surface area contributed by atoms with Gasteiger partial charge in [-0.2, -0.15) is 0 Å². The van der Waals surface area contributed by atoms with Crippen LogP contribution in [0.2, 0.25) is 19.6 Å². The fourth-order valence-corrected chi connectivity index (χ4v) is 3.63. The van der Waals surface area contributed by atoms with Gasteiger partial charge in [0.1, 0.15) is 13.8 Å². The van der Waals surface area contributed by atoms with Crippen molar-refractivity contribution >= 4 is 8.07 Å². The highest BCUT2D eigenvalue weighted by atomic mass is 28.3. The quantitative estimate of drug-likeness (QED) is 0.403. The normalized spacial score (nSPS) is 21.8. The predicted molar refractivity (Wildman–Crippen MR) is 99.5 cm³/mol. The molecule has 0 spiro atoms. The molecule has 3 heteroatoms. The number of likely N-dealkylation sites (N-methyl/N-ethyl adjacent to an activating group) is 1. The minimum Gasteiger partial charge on any atom is -0.494 e. The van der Waals surface area contributed by atoms with Crippen LogP contribution >= 0.6 is 0 Å². The zero-order valence-corrected chi connectivity index (χ0v) is 16.8. The lowest BCUT2D eigenvalue weighted by Crippen LogP contribution is -2.42. The predicted octanol–water partition coefficient (Wildman–Crippen LogP) is 4.61. The molecule has 22 heavy (non-hydrogen) atoms. The lowest BCUT2D eigenvalue weighted by atomic mass is 9.86. The molecule has 0 aliphatic heterocycles. The summed E-state index contributed by atoms with van der Waals surface area (Å²) in [6, 6.07) is 0. The molecule has 0 amide bonds. The summed E-state index contributed by atoms with van der Waals surface area (Å²) in [7, 11) is 3.09. The molecule has 1 aliphatic carbocycles. The van der Waals surface area contributed by atoms with E-state index in [9.17, 15) is 0 Å². The maximum atomic E-state index is 5.82. The Hall–Kier alpha value is -0.983. The lowest BCUT2D eigenvalue weighted by Gasteiger charge is -2.36. The van der Waals surface area contributed by atoms with Gasteiger partial charge in [0, 0.05) is 6.42 Å². The van der Waals surface area contributed by atoms with Gasteiger partial charge in [-0.05, 0) is 64.9 Å². The molecule has 0 saturated heterocycles. The molecule has 0 bridgehead atoms. The fraction of sp³-hybridized carbons (Fsp3) is 0.684. The second kappa shape index (κ2) is 7.52. The van der Waals surface area contributed by atoms with E-state index >= 15 is 0 Å². The van der Waals surface area contributed by atoms with Crippen molar-refractivity contribution in [3.05, 3.63) is 23.0 Å². The minimum absolute atomic E-state index is 0.00454. The SMILES string of the molecule is CCOC1=CC(CCCC#C[Si](C)(C)C)(N(C)C)C(C)=C1C. The smallest absolute Gasteiger partial charge is 0.129 e. The summed E-state index contributed by atoms with van der Waals surface area (Å²) in [6.07, 6.45) is 5.52. The minimum atomic E-state index is -1.24. The Bertz CT molecular complexity index is 514. The monoisotopic (exact) mass is 319 g/mol. The highest BCUT2D eigenvalue weighted by Crippen LogP contribution is 2.41. The van der Waals surface area contributed by atoms with Crippen molar-refractivity contribution in [2.45, 2.75) is 65.2 Å². The van der Waals surface area contributed by atoms with Crippen molar-refractivity contribution in [2.24, 2.45) is 0 Å². The summed E-state index contributed by atoms with van der Waals surface area (Å²) in [5, 5.41) is 0. The summed E-state index contributed by atoms with van der Waals surface area (Å²) in [4.78, 5) is 2.32. The molecule has 0 saturated carbocycles. The Morgan fingerprint density at radius 3 is 2.36 bits per heavy atom. The van der Waals surface area contributed by atoms with Crippen LogP contribution < -0.4 is 0 Å². The summed E-state index contributed by atoms with van der Waals surface area (Å²) in [5.41, 5.74) is 6.17. The van der Waals surface area contributed by atoms with E-state index in [0.29, 0.717) is 0 Å². The summed E-state index contributed by atoms with van der Waals surface area (Å²) < 4.78 is 5.82. The second-order valence-corrected chi connectivity index (χ2v) is 12.2. The first-order valence-corrected chi connectivity index (χ1v) is 11.9. The van der Waals surface area contributed by atoms with Crippen LogP contribution in [0.3, 0.4) is 0 Å². The van der Waals surface area contributed by atoms with Crippen LogP contribution in [-0.2, 0) is 4.74 Å². The number of ether oxygens (including phenoxy) is 1. The fourth-order valence-electron chi connectivity index (χ4n) is 2.97. The third-order valence-electron chi connectivity index (χ3n) is 4.37. The van der Waals surface area contributed by atoms with Crippen molar-refractivity contribution in [3.8, 4) is 11.5 Å². The van der Waals surface area contributed by atoms with Crippen LogP contribution in [0.1, 0.15) is 40.0 Å². The Morgan fingerprint density at radius 2 is 1.86 bits per heavy atom. The van der Waals surface area contributed by atoms with Crippen LogP contribution in [0.4, 0.5) is 0 Å². The first kappa shape index (κ1) is 19.1. The molecule has 1 unspecified atom stereocenters. The van der Waals surface area contributed by atoms with Crippen LogP contribution in [0.5, 0.6) is 0 Å². The summed E-state index contributed by atoms with van der Waals surface area (Å²) >= 11 is 0. The van der Waals surface area contributed by atoms with Gasteiger partial charge in [-0.1, -0.05) is 19.6 Å². The Balaban J connectivity index is 2.84. The van der Waals surface area contributed by atoms with E-state index in [4.69, 9.17) is 4.74 Å². The topological polar surface area (TPSA) is 12.5 Å². The molecule has 0 N–H and O–H groups in total. The molecule has 0 fully saturated rings. The first-order valence-electron chi connectivity index (χ1n) is 8.35. The number of nitrogens with zero attached hydrogens (tertiary/aromatic N) is 1. The average molecular weight is 320 g/mol. The third-order valence-corrected chi connectivity index (χ3v) is 5.30. The standard InChI is InChI=1S/C19H33NOSi/c1-9-21-18-15-19(20(4)5,17(3)16(18)2)13-11-10-12-14-22(6,7)8/h15H,9-11,13H2,1-8H3. The molecule has 0 aromatic carbocycles. The molecule has 1 atom stereocenters. The first-order chi connectivity index (χ1) is 10.1. The van der Waals surface area contributed by atoms with Gasteiger partial charge in [0.05, 0.1) is 12.1 Å². The molecule has 0 aromatic heterocycles. The van der Waals surface area contributed by atoms with E-state index in [0.717, 1.165) is 31.6 Å². The van der Waals surface area contributed by atoms with Gasteiger partial charge in [-0.25, -0.2) is 0 Å². The second-order valence-electron chi connectivity index (χ2n) is 7.42. The van der Waals surface area contributed by atoms with E-state index in [-0.39, 0.29) is 5.54 Å². The number of allylic oxidation sites excluding steroid dienone is 1. The van der Waals surface area contributed by atoms with Crippen molar-refractivity contribution in [2.75, 3.05) is 20.7 Å². The third kappa shape index (κ3) is 4.51. The van der Waals surface area contributed by atoms with Crippen molar-refractivity contribution in [1.82, 2.24) is 4.90 Å². The van der Waals surface area contributed by atoms with Crippen LogP contribution in [0.25, 0.3) is 0 Å². The molecule has 1 rings (SSSR count). The Kier molecular flexibility index (Phi) is 6.52. The van der Waals surface area contributed by atoms with Crippen LogP contribution in [0.15, 0.2) is 23.0 Å². The summed E-state index contributed by atoms with van der Waals surface area (Å²) in [5.74, 6) is 4.45. The van der Waals surface area contributed by atoms with Gasteiger partial charge in [0.2, 0.25) is 0 Å². The number of hydrogen-bond donors (Lipinski definition) is 0. The van der Waals surface area contributed by atoms with Crippen LogP contribution in [0, 0.1) is 11.5 Å². The maximum Gasteiger partial charge on any atom is 0.129 e. The zero-order chi connectivity index (χ0) is 17.0. The van der Waals surface area contributed by atoms with Gasteiger partial charge in [-0.15, -0.1) is 11.5 Å². The highest BCUT2D eigenvalue weighted by molar-refractivity contribution is 6.83. The van der Waals surface area contributed by atoms with E-state index in [1.807, 2.05) is 6.92 Å². The van der Waals surface area contributed by atoms with Gasteiger partial charge in [0.25, 0.3) is 0 Å².